The maximum atomic E-state index is 10.8. The summed E-state index contributed by atoms with van der Waals surface area (Å²) in [6, 6.07) is 0.442. The third-order valence-corrected chi connectivity index (χ3v) is 3.11. The van der Waals surface area contributed by atoms with Crippen LogP contribution in [0.5, 0.6) is 0 Å². The standard InChI is InChI=1S/C12H24N2O2/c1-9(2)6-14-7-10(5-12(15)16)4-11(8-14)13-3/h9-11,13H,4-8H2,1-3H3,(H,15,16). The lowest BCUT2D eigenvalue weighted by Crippen LogP contribution is -2.49. The summed E-state index contributed by atoms with van der Waals surface area (Å²) < 4.78 is 0. The highest BCUT2D eigenvalue weighted by atomic mass is 16.4. The molecule has 4 nitrogen and oxygen atoms in total. The highest BCUT2D eigenvalue weighted by Gasteiger charge is 2.27. The van der Waals surface area contributed by atoms with Crippen molar-refractivity contribution in [1.29, 1.82) is 0 Å². The summed E-state index contributed by atoms with van der Waals surface area (Å²) >= 11 is 0. The Hall–Kier alpha value is -0.610. The Balaban J connectivity index is 2.50. The number of nitrogens with zero attached hydrogens (tertiary/aromatic N) is 1. The van der Waals surface area contributed by atoms with Gasteiger partial charge in [0.25, 0.3) is 0 Å². The van der Waals surface area contributed by atoms with Crippen LogP contribution < -0.4 is 5.32 Å². The molecule has 0 aromatic heterocycles. The van der Waals surface area contributed by atoms with Gasteiger partial charge in [0, 0.05) is 32.1 Å². The van der Waals surface area contributed by atoms with Crippen LogP contribution >= 0.6 is 0 Å². The Bertz CT molecular complexity index is 231. The number of aliphatic carboxylic acids is 1. The molecule has 0 radical (unpaired) electrons. The molecule has 1 aliphatic rings. The Kier molecular flexibility index (Phi) is 5.22. The van der Waals surface area contributed by atoms with Crippen molar-refractivity contribution >= 4 is 5.97 Å². The lowest BCUT2D eigenvalue weighted by Gasteiger charge is -2.38. The number of hydrogen-bond acceptors (Lipinski definition) is 3. The highest BCUT2D eigenvalue weighted by Crippen LogP contribution is 2.20. The molecular formula is C12H24N2O2. The zero-order valence-electron chi connectivity index (χ0n) is 10.6. The average molecular weight is 228 g/mol. The van der Waals surface area contributed by atoms with E-state index >= 15 is 0 Å². The SMILES string of the molecule is CNC1CC(CC(=O)O)CN(CC(C)C)C1. The smallest absolute Gasteiger partial charge is 0.303 e. The molecule has 4 heteroatoms. The lowest BCUT2D eigenvalue weighted by atomic mass is 9.91. The van der Waals surface area contributed by atoms with Gasteiger partial charge in [-0.3, -0.25) is 4.79 Å². The molecule has 0 spiro atoms. The van der Waals surface area contributed by atoms with Crippen molar-refractivity contribution in [2.45, 2.75) is 32.7 Å². The molecule has 1 aliphatic heterocycles. The molecule has 1 saturated heterocycles. The molecule has 0 bridgehead atoms. The fourth-order valence-electron chi connectivity index (χ4n) is 2.57. The molecule has 0 saturated carbocycles. The van der Waals surface area contributed by atoms with Crippen molar-refractivity contribution in [2.24, 2.45) is 11.8 Å². The fraction of sp³-hybridized carbons (Fsp3) is 0.917. The zero-order chi connectivity index (χ0) is 12.1. The molecule has 0 amide bonds. The van der Waals surface area contributed by atoms with Crippen LogP contribution in [0.15, 0.2) is 0 Å². The molecular weight excluding hydrogens is 204 g/mol. The van der Waals surface area contributed by atoms with Gasteiger partial charge in [0.15, 0.2) is 0 Å². The van der Waals surface area contributed by atoms with E-state index in [0.29, 0.717) is 24.3 Å². The molecule has 1 heterocycles. The van der Waals surface area contributed by atoms with E-state index in [4.69, 9.17) is 5.11 Å². The third-order valence-electron chi connectivity index (χ3n) is 3.11. The number of likely N-dealkylation sites (tertiary alicyclic amines) is 1. The number of piperidine rings is 1. The predicted molar refractivity (Wildman–Crippen MR) is 64.5 cm³/mol. The van der Waals surface area contributed by atoms with Crippen LogP contribution in [-0.2, 0) is 4.79 Å². The van der Waals surface area contributed by atoms with Crippen molar-refractivity contribution in [2.75, 3.05) is 26.7 Å². The van der Waals surface area contributed by atoms with E-state index in [9.17, 15) is 4.79 Å². The topological polar surface area (TPSA) is 52.6 Å². The van der Waals surface area contributed by atoms with Crippen molar-refractivity contribution < 1.29 is 9.90 Å². The van der Waals surface area contributed by atoms with Crippen molar-refractivity contribution in [3.05, 3.63) is 0 Å². The first-order chi connectivity index (χ1) is 7.51. The first-order valence-electron chi connectivity index (χ1n) is 6.12. The van der Waals surface area contributed by atoms with Crippen LogP contribution in [0.25, 0.3) is 0 Å². The van der Waals surface area contributed by atoms with Gasteiger partial charge in [-0.1, -0.05) is 13.8 Å². The number of carbonyl (C=O) groups is 1. The van der Waals surface area contributed by atoms with Gasteiger partial charge in [0.2, 0.25) is 0 Å². The van der Waals surface area contributed by atoms with E-state index in [-0.39, 0.29) is 0 Å². The number of carboxylic acid groups (broad SMARTS) is 1. The van der Waals surface area contributed by atoms with Crippen LogP contribution in [0.1, 0.15) is 26.7 Å². The first-order valence-corrected chi connectivity index (χ1v) is 6.12. The van der Waals surface area contributed by atoms with Gasteiger partial charge in [0.05, 0.1) is 0 Å². The normalized spacial score (nSPS) is 27.2. The van der Waals surface area contributed by atoms with E-state index < -0.39 is 5.97 Å². The summed E-state index contributed by atoms with van der Waals surface area (Å²) in [7, 11) is 1.96. The number of nitrogens with one attached hydrogen (secondary N) is 1. The van der Waals surface area contributed by atoms with Crippen molar-refractivity contribution in [1.82, 2.24) is 10.2 Å². The molecule has 2 N–H and O–H groups in total. The van der Waals surface area contributed by atoms with Gasteiger partial charge in [-0.2, -0.15) is 0 Å². The predicted octanol–water partition coefficient (Wildman–Crippen LogP) is 1.03. The summed E-state index contributed by atoms with van der Waals surface area (Å²) in [6.45, 7) is 7.45. The van der Waals surface area contributed by atoms with Gasteiger partial charge in [0.1, 0.15) is 0 Å². The van der Waals surface area contributed by atoms with Gasteiger partial charge in [-0.25, -0.2) is 0 Å². The number of likely N-dealkylation sites (N-methyl/N-ethyl adjacent to an activating group) is 1. The van der Waals surface area contributed by atoms with Crippen LogP contribution in [0, 0.1) is 11.8 Å². The zero-order valence-corrected chi connectivity index (χ0v) is 10.6. The molecule has 94 valence electrons. The van der Waals surface area contributed by atoms with E-state index in [2.05, 4.69) is 24.1 Å². The van der Waals surface area contributed by atoms with Gasteiger partial charge in [-0.05, 0) is 25.3 Å². The molecule has 1 rings (SSSR count). The Morgan fingerprint density at radius 3 is 2.69 bits per heavy atom. The second-order valence-electron chi connectivity index (χ2n) is 5.30. The van der Waals surface area contributed by atoms with Crippen LogP contribution in [-0.4, -0.2) is 48.7 Å². The van der Waals surface area contributed by atoms with Gasteiger partial charge < -0.3 is 15.3 Å². The minimum atomic E-state index is -0.675. The molecule has 2 unspecified atom stereocenters. The summed E-state index contributed by atoms with van der Waals surface area (Å²) in [5.41, 5.74) is 0. The van der Waals surface area contributed by atoms with Crippen LogP contribution in [0.3, 0.4) is 0 Å². The largest absolute Gasteiger partial charge is 0.481 e. The maximum Gasteiger partial charge on any atom is 0.303 e. The summed E-state index contributed by atoms with van der Waals surface area (Å²) in [5, 5.41) is 12.1. The molecule has 16 heavy (non-hydrogen) atoms. The Labute approximate surface area is 98.0 Å². The summed E-state index contributed by atoms with van der Waals surface area (Å²) in [5.74, 6) is 0.259. The lowest BCUT2D eigenvalue weighted by molar-refractivity contribution is -0.138. The van der Waals surface area contributed by atoms with Gasteiger partial charge in [-0.15, -0.1) is 0 Å². The Morgan fingerprint density at radius 2 is 2.19 bits per heavy atom. The second kappa shape index (κ2) is 6.21. The molecule has 0 aliphatic carbocycles. The average Bonchev–Trinajstić information content (AvgIpc) is 2.14. The highest BCUT2D eigenvalue weighted by molar-refractivity contribution is 5.67. The third kappa shape index (κ3) is 4.49. The van der Waals surface area contributed by atoms with Crippen LogP contribution in [0.2, 0.25) is 0 Å². The Morgan fingerprint density at radius 1 is 1.50 bits per heavy atom. The van der Waals surface area contributed by atoms with E-state index in [0.717, 1.165) is 26.1 Å². The molecule has 1 fully saturated rings. The van der Waals surface area contributed by atoms with Crippen LogP contribution in [0.4, 0.5) is 0 Å². The maximum absolute atomic E-state index is 10.8. The fourth-order valence-corrected chi connectivity index (χ4v) is 2.57. The second-order valence-corrected chi connectivity index (χ2v) is 5.30. The summed E-state index contributed by atoms with van der Waals surface area (Å²) in [6.07, 6.45) is 1.28. The van der Waals surface area contributed by atoms with E-state index in [1.54, 1.807) is 0 Å². The molecule has 2 atom stereocenters. The summed E-state index contributed by atoms with van der Waals surface area (Å²) in [4.78, 5) is 13.1. The van der Waals surface area contributed by atoms with Gasteiger partial charge >= 0.3 is 5.97 Å². The van der Waals surface area contributed by atoms with Crippen molar-refractivity contribution in [3.8, 4) is 0 Å². The molecule has 0 aromatic rings. The number of carboxylic acids is 1. The quantitative estimate of drug-likeness (QED) is 0.738. The first kappa shape index (κ1) is 13.5. The number of rotatable bonds is 5. The minimum absolute atomic E-state index is 0.294. The van der Waals surface area contributed by atoms with Crippen molar-refractivity contribution in [3.63, 3.8) is 0 Å². The number of hydrogen-bond donors (Lipinski definition) is 2. The van der Waals surface area contributed by atoms with E-state index in [1.165, 1.54) is 0 Å². The van der Waals surface area contributed by atoms with E-state index in [1.807, 2.05) is 7.05 Å². The molecule has 0 aromatic carbocycles. The minimum Gasteiger partial charge on any atom is -0.481 e. The monoisotopic (exact) mass is 228 g/mol.